The van der Waals surface area contributed by atoms with E-state index in [4.69, 9.17) is 11.7 Å². The highest BCUT2D eigenvalue weighted by molar-refractivity contribution is 8.68. The van der Waals surface area contributed by atoms with E-state index in [0.29, 0.717) is 0 Å². The Kier molecular flexibility index (Phi) is 5.37. The highest BCUT2D eigenvalue weighted by Crippen LogP contribution is 2.10. The van der Waals surface area contributed by atoms with E-state index in [1.807, 2.05) is 0 Å². The largest absolute Gasteiger partial charge is 0.0817 e. The average molecular weight is 197 g/mol. The van der Waals surface area contributed by atoms with Gasteiger partial charge in [-0.3, -0.25) is 0 Å². The second-order valence-corrected chi connectivity index (χ2v) is 4.12. The van der Waals surface area contributed by atoms with E-state index in [-0.39, 0.29) is 0 Å². The maximum Gasteiger partial charge on any atom is 0.00455 e. The molecule has 2 heteroatoms. The fraction of sp³-hybridized carbons (Fsp3) is 0.400. The van der Waals surface area contributed by atoms with E-state index in [1.54, 1.807) is 0 Å². The van der Waals surface area contributed by atoms with Crippen molar-refractivity contribution in [2.45, 2.75) is 19.3 Å². The molecule has 1 aromatic carbocycles. The van der Waals surface area contributed by atoms with Crippen LogP contribution in [-0.4, -0.2) is 5.75 Å². The van der Waals surface area contributed by atoms with E-state index in [1.165, 1.54) is 35.6 Å². The minimum Gasteiger partial charge on any atom is -0.0817 e. The molecule has 0 N–H and O–H groups in total. The summed E-state index contributed by atoms with van der Waals surface area (Å²) in [6, 6.07) is 10.6. The lowest BCUT2D eigenvalue weighted by atomic mass is 10.1. The van der Waals surface area contributed by atoms with Crippen molar-refractivity contribution in [2.75, 3.05) is 5.75 Å². The zero-order valence-electron chi connectivity index (χ0n) is 7.03. The molecule has 12 heavy (non-hydrogen) atoms. The smallest absolute Gasteiger partial charge is 0.00455 e. The summed E-state index contributed by atoms with van der Waals surface area (Å²) in [5.74, 6) is 1.11. The minimum absolute atomic E-state index is 1.11. The Morgan fingerprint density at radius 2 is 1.83 bits per heavy atom. The van der Waals surface area contributed by atoms with Gasteiger partial charge in [0.1, 0.15) is 0 Å². The maximum absolute atomic E-state index is 4.80. The van der Waals surface area contributed by atoms with Crippen LogP contribution in [-0.2, 0) is 6.42 Å². The van der Waals surface area contributed by atoms with Gasteiger partial charge in [-0.25, -0.2) is 0 Å². The molecule has 0 saturated heterocycles. The van der Waals surface area contributed by atoms with Crippen molar-refractivity contribution in [1.29, 1.82) is 0 Å². The number of hydrogen-bond donors (Lipinski definition) is 0. The predicted molar refractivity (Wildman–Crippen MR) is 59.4 cm³/mol. The summed E-state index contributed by atoms with van der Waals surface area (Å²) in [7, 11) is 1.52. The zero-order chi connectivity index (χ0) is 8.65. The zero-order valence-corrected chi connectivity index (χ0v) is 8.66. The first-order chi connectivity index (χ1) is 5.93. The Morgan fingerprint density at radius 1 is 1.08 bits per heavy atom. The van der Waals surface area contributed by atoms with Gasteiger partial charge in [0.25, 0.3) is 0 Å². The summed E-state index contributed by atoms with van der Waals surface area (Å²) in [5.41, 5.74) is 1.44. The highest BCUT2D eigenvalue weighted by atomic mass is 33.1. The molecule has 0 nitrogen and oxygen atoms in total. The van der Waals surface area contributed by atoms with Crippen molar-refractivity contribution in [3.63, 3.8) is 0 Å². The molecule has 0 aliphatic rings. The van der Waals surface area contributed by atoms with E-state index in [2.05, 4.69) is 30.3 Å². The third kappa shape index (κ3) is 4.07. The van der Waals surface area contributed by atoms with Crippen LogP contribution in [0.25, 0.3) is 0 Å². The fourth-order valence-electron chi connectivity index (χ4n) is 1.13. The molecule has 0 bridgehead atoms. The van der Waals surface area contributed by atoms with Crippen molar-refractivity contribution < 1.29 is 0 Å². The first kappa shape index (κ1) is 10.0. The summed E-state index contributed by atoms with van der Waals surface area (Å²) in [6.45, 7) is 0. The lowest BCUT2D eigenvalue weighted by Crippen LogP contribution is -1.85. The molecule has 0 aromatic heterocycles. The average Bonchev–Trinajstić information content (AvgIpc) is 2.14. The van der Waals surface area contributed by atoms with E-state index < -0.39 is 0 Å². The van der Waals surface area contributed by atoms with Crippen LogP contribution in [0.15, 0.2) is 30.3 Å². The van der Waals surface area contributed by atoms with Crippen molar-refractivity contribution in [1.82, 2.24) is 0 Å². The number of rotatable bonds is 5. The second-order valence-electron chi connectivity index (χ2n) is 2.76. The molecule has 0 saturated carbocycles. The van der Waals surface area contributed by atoms with Crippen LogP contribution >= 0.6 is 22.5 Å². The summed E-state index contributed by atoms with van der Waals surface area (Å²) in [6.07, 6.45) is 3.69. The molecule has 1 radical (unpaired) electrons. The molecule has 0 heterocycles. The lowest BCUT2D eigenvalue weighted by molar-refractivity contribution is 0.804. The van der Waals surface area contributed by atoms with Crippen LogP contribution in [0.4, 0.5) is 0 Å². The van der Waals surface area contributed by atoms with Crippen LogP contribution in [0.5, 0.6) is 0 Å². The summed E-state index contributed by atoms with van der Waals surface area (Å²) in [5, 5.41) is 0. The van der Waals surface area contributed by atoms with Gasteiger partial charge in [-0.2, -0.15) is 0 Å². The molecular formula is C10H13S2. The van der Waals surface area contributed by atoms with Crippen molar-refractivity contribution in [3.05, 3.63) is 35.9 Å². The standard InChI is InChI=1S/C10H13S2/c11-12-9-5-4-8-10-6-2-1-3-7-10/h1-3,6-7H,4-5,8-9H2. The maximum atomic E-state index is 4.80. The van der Waals surface area contributed by atoms with E-state index in [0.717, 1.165) is 5.75 Å². The van der Waals surface area contributed by atoms with Crippen LogP contribution in [0.2, 0.25) is 0 Å². The van der Waals surface area contributed by atoms with Gasteiger partial charge in [0.2, 0.25) is 0 Å². The second kappa shape index (κ2) is 6.44. The Balaban J connectivity index is 2.16. The molecule has 0 unspecified atom stereocenters. The monoisotopic (exact) mass is 197 g/mol. The molecule has 65 valence electrons. The predicted octanol–water partition coefficient (Wildman–Crippen LogP) is 3.86. The minimum atomic E-state index is 1.11. The third-order valence-electron chi connectivity index (χ3n) is 1.79. The number of unbranched alkanes of at least 4 members (excludes halogenated alkanes) is 1. The Labute approximate surface area is 83.6 Å². The van der Waals surface area contributed by atoms with E-state index >= 15 is 0 Å². The van der Waals surface area contributed by atoms with Gasteiger partial charge in [-0.1, -0.05) is 41.1 Å². The molecule has 0 aliphatic heterocycles. The third-order valence-corrected chi connectivity index (χ3v) is 2.74. The van der Waals surface area contributed by atoms with Gasteiger partial charge in [-0.15, -0.1) is 0 Å². The van der Waals surface area contributed by atoms with Crippen LogP contribution in [0.1, 0.15) is 18.4 Å². The summed E-state index contributed by atoms with van der Waals surface area (Å²) in [4.78, 5) is 0. The molecule has 1 aromatic rings. The number of benzene rings is 1. The van der Waals surface area contributed by atoms with Crippen molar-refractivity contribution >= 4 is 22.5 Å². The van der Waals surface area contributed by atoms with Gasteiger partial charge in [0.15, 0.2) is 0 Å². The van der Waals surface area contributed by atoms with Crippen LogP contribution in [0, 0.1) is 0 Å². The Bertz CT molecular complexity index is 196. The molecule has 1 rings (SSSR count). The normalized spacial score (nSPS) is 10.1. The molecular weight excluding hydrogens is 184 g/mol. The molecule has 0 spiro atoms. The summed E-state index contributed by atoms with van der Waals surface area (Å²) >= 11 is 4.80. The first-order valence-electron chi connectivity index (χ1n) is 4.22. The topological polar surface area (TPSA) is 0 Å². The van der Waals surface area contributed by atoms with Gasteiger partial charge < -0.3 is 0 Å². The molecule has 0 aliphatic carbocycles. The lowest BCUT2D eigenvalue weighted by Gasteiger charge is -1.98. The molecule has 0 amide bonds. The number of hydrogen-bond acceptors (Lipinski definition) is 1. The van der Waals surface area contributed by atoms with Crippen LogP contribution < -0.4 is 0 Å². The summed E-state index contributed by atoms with van der Waals surface area (Å²) < 4.78 is 0. The van der Waals surface area contributed by atoms with Crippen LogP contribution in [0.3, 0.4) is 0 Å². The van der Waals surface area contributed by atoms with Gasteiger partial charge in [0, 0.05) is 5.75 Å². The number of aryl methyl sites for hydroxylation is 1. The first-order valence-corrected chi connectivity index (χ1v) is 6.13. The Hall–Kier alpha value is -0.0800. The SMILES string of the molecule is [S]SCCCCc1ccccc1. The molecule has 0 atom stereocenters. The van der Waals surface area contributed by atoms with Gasteiger partial charge >= 0.3 is 0 Å². The highest BCUT2D eigenvalue weighted by Gasteiger charge is 1.91. The Morgan fingerprint density at radius 3 is 2.50 bits per heavy atom. The quantitative estimate of drug-likeness (QED) is 0.510. The van der Waals surface area contributed by atoms with Crippen molar-refractivity contribution in [2.24, 2.45) is 0 Å². The fourth-order valence-corrected chi connectivity index (χ4v) is 1.81. The molecule has 0 fully saturated rings. The van der Waals surface area contributed by atoms with Gasteiger partial charge in [0.05, 0.1) is 0 Å². The van der Waals surface area contributed by atoms with Gasteiger partial charge in [-0.05, 0) is 36.5 Å². The van der Waals surface area contributed by atoms with E-state index in [9.17, 15) is 0 Å². The van der Waals surface area contributed by atoms with Crippen molar-refractivity contribution in [3.8, 4) is 0 Å².